The zero-order chi connectivity index (χ0) is 11.2. The number of carbonyl (C=O) groups is 1. The van der Waals surface area contributed by atoms with Gasteiger partial charge in [0.15, 0.2) is 5.69 Å². The predicted octanol–water partition coefficient (Wildman–Crippen LogP) is 2.29. The number of rotatable bonds is 4. The van der Waals surface area contributed by atoms with Crippen molar-refractivity contribution in [1.29, 1.82) is 0 Å². The molecule has 4 heteroatoms. The Balaban J connectivity index is 1.72. The third-order valence-electron chi connectivity index (χ3n) is 2.79. The monoisotopic (exact) mass is 220 g/mol. The fraction of sp³-hybridized carbons (Fsp3) is 0.500. The van der Waals surface area contributed by atoms with Crippen LogP contribution >= 0.6 is 0 Å². The Hall–Kier alpha value is -1.58. The number of nitrogens with zero attached hydrogens (tertiary/aromatic N) is 1. The molecule has 4 nitrogen and oxygen atoms in total. The molecule has 0 unspecified atom stereocenters. The molecular weight excluding hydrogens is 204 g/mol. The van der Waals surface area contributed by atoms with Gasteiger partial charge in [0.1, 0.15) is 6.26 Å². The average Bonchev–Trinajstić information content (AvgIpc) is 2.84. The van der Waals surface area contributed by atoms with E-state index in [9.17, 15) is 4.79 Å². The van der Waals surface area contributed by atoms with E-state index in [2.05, 4.69) is 21.1 Å². The Morgan fingerprint density at radius 1 is 1.50 bits per heavy atom. The second-order valence-corrected chi connectivity index (χ2v) is 4.00. The maximum absolute atomic E-state index is 11.5. The predicted molar refractivity (Wildman–Crippen MR) is 60.0 cm³/mol. The Bertz CT molecular complexity index is 368. The highest BCUT2D eigenvalue weighted by molar-refractivity contribution is 5.91. The number of carbonyl (C=O) groups excluding carboxylic acids is 1. The van der Waals surface area contributed by atoms with Gasteiger partial charge in [-0.25, -0.2) is 0 Å². The number of amides is 1. The topological polar surface area (TPSA) is 55.1 Å². The minimum Gasteiger partial charge on any atom is -0.364 e. The van der Waals surface area contributed by atoms with Crippen molar-refractivity contribution in [3.05, 3.63) is 29.7 Å². The Labute approximate surface area is 94.7 Å². The van der Waals surface area contributed by atoms with Gasteiger partial charge in [0.05, 0.1) is 0 Å². The standard InChI is InChI=1S/C12H16N2O2/c15-12(11-7-9-16-14-11)13-8-6-10-4-2-1-3-5-10/h4,7,9H,1-3,5-6,8H2,(H,13,15). The normalized spacial score (nSPS) is 15.6. The van der Waals surface area contributed by atoms with Crippen LogP contribution in [-0.2, 0) is 0 Å². The van der Waals surface area contributed by atoms with Crippen molar-refractivity contribution >= 4 is 5.91 Å². The van der Waals surface area contributed by atoms with Crippen molar-refractivity contribution in [1.82, 2.24) is 10.5 Å². The Morgan fingerprint density at radius 2 is 2.44 bits per heavy atom. The molecule has 0 radical (unpaired) electrons. The number of hydrogen-bond acceptors (Lipinski definition) is 3. The van der Waals surface area contributed by atoms with E-state index >= 15 is 0 Å². The van der Waals surface area contributed by atoms with E-state index in [-0.39, 0.29) is 5.91 Å². The molecule has 0 atom stereocenters. The van der Waals surface area contributed by atoms with Crippen LogP contribution in [-0.4, -0.2) is 17.6 Å². The lowest BCUT2D eigenvalue weighted by Gasteiger charge is -2.12. The molecule has 1 aromatic rings. The SMILES string of the molecule is O=C(NCCC1=CCCCC1)c1ccon1. The van der Waals surface area contributed by atoms with E-state index in [4.69, 9.17) is 0 Å². The van der Waals surface area contributed by atoms with Gasteiger partial charge in [-0.15, -0.1) is 0 Å². The highest BCUT2D eigenvalue weighted by atomic mass is 16.5. The minimum absolute atomic E-state index is 0.162. The lowest BCUT2D eigenvalue weighted by atomic mass is 9.97. The number of allylic oxidation sites excluding steroid dienone is 1. The smallest absolute Gasteiger partial charge is 0.273 e. The molecule has 1 amide bonds. The maximum Gasteiger partial charge on any atom is 0.273 e. The first kappa shape index (κ1) is 10.9. The molecule has 0 saturated carbocycles. The van der Waals surface area contributed by atoms with Crippen molar-refractivity contribution < 1.29 is 9.32 Å². The fourth-order valence-electron chi connectivity index (χ4n) is 1.89. The summed E-state index contributed by atoms with van der Waals surface area (Å²) in [5.41, 5.74) is 1.81. The van der Waals surface area contributed by atoms with Gasteiger partial charge < -0.3 is 9.84 Å². The van der Waals surface area contributed by atoms with Gasteiger partial charge in [-0.2, -0.15) is 0 Å². The first-order valence-electron chi connectivity index (χ1n) is 5.73. The molecule has 1 heterocycles. The fourth-order valence-corrected chi connectivity index (χ4v) is 1.89. The van der Waals surface area contributed by atoms with E-state index in [0.717, 1.165) is 6.42 Å². The molecule has 86 valence electrons. The van der Waals surface area contributed by atoms with Crippen molar-refractivity contribution in [3.63, 3.8) is 0 Å². The minimum atomic E-state index is -0.162. The van der Waals surface area contributed by atoms with Crippen LogP contribution in [0, 0.1) is 0 Å². The largest absolute Gasteiger partial charge is 0.364 e. The van der Waals surface area contributed by atoms with E-state index < -0.39 is 0 Å². The van der Waals surface area contributed by atoms with Crippen molar-refractivity contribution in [2.45, 2.75) is 32.1 Å². The maximum atomic E-state index is 11.5. The molecule has 0 bridgehead atoms. The van der Waals surface area contributed by atoms with E-state index in [1.54, 1.807) is 6.07 Å². The van der Waals surface area contributed by atoms with Crippen LogP contribution in [0.2, 0.25) is 0 Å². The summed E-state index contributed by atoms with van der Waals surface area (Å²) in [7, 11) is 0. The molecule has 0 spiro atoms. The molecule has 0 aliphatic heterocycles. The molecule has 16 heavy (non-hydrogen) atoms. The summed E-state index contributed by atoms with van der Waals surface area (Å²) in [5.74, 6) is -0.162. The van der Waals surface area contributed by atoms with E-state index in [0.29, 0.717) is 12.2 Å². The third kappa shape index (κ3) is 2.95. The van der Waals surface area contributed by atoms with Crippen LogP contribution < -0.4 is 5.32 Å². The van der Waals surface area contributed by atoms with Crippen LogP contribution in [0.4, 0.5) is 0 Å². The molecule has 1 N–H and O–H groups in total. The van der Waals surface area contributed by atoms with Gasteiger partial charge in [0.2, 0.25) is 0 Å². The van der Waals surface area contributed by atoms with Crippen LogP contribution in [0.5, 0.6) is 0 Å². The van der Waals surface area contributed by atoms with Gasteiger partial charge in [0, 0.05) is 12.6 Å². The third-order valence-corrected chi connectivity index (χ3v) is 2.79. The summed E-state index contributed by atoms with van der Waals surface area (Å²) < 4.78 is 4.61. The second kappa shape index (κ2) is 5.49. The van der Waals surface area contributed by atoms with Crippen LogP contribution in [0.1, 0.15) is 42.6 Å². The summed E-state index contributed by atoms with van der Waals surface area (Å²) in [6.45, 7) is 0.678. The molecule has 1 aliphatic rings. The molecule has 1 aromatic heterocycles. The number of nitrogens with one attached hydrogen (secondary N) is 1. The molecule has 0 fully saturated rings. The molecular formula is C12H16N2O2. The van der Waals surface area contributed by atoms with E-state index in [1.165, 1.54) is 37.5 Å². The van der Waals surface area contributed by atoms with Gasteiger partial charge in [0.25, 0.3) is 5.91 Å². The van der Waals surface area contributed by atoms with Crippen molar-refractivity contribution in [2.24, 2.45) is 0 Å². The average molecular weight is 220 g/mol. The summed E-state index contributed by atoms with van der Waals surface area (Å²) in [5, 5.41) is 6.41. The van der Waals surface area contributed by atoms with Gasteiger partial charge in [-0.05, 0) is 32.1 Å². The lowest BCUT2D eigenvalue weighted by molar-refractivity contribution is 0.0945. The molecule has 2 rings (SSSR count). The van der Waals surface area contributed by atoms with Gasteiger partial charge >= 0.3 is 0 Å². The summed E-state index contributed by atoms with van der Waals surface area (Å²) in [6, 6.07) is 1.56. The first-order valence-corrected chi connectivity index (χ1v) is 5.73. The summed E-state index contributed by atoms with van der Waals surface area (Å²) >= 11 is 0. The van der Waals surface area contributed by atoms with E-state index in [1.807, 2.05) is 0 Å². The summed E-state index contributed by atoms with van der Waals surface area (Å²) in [6.07, 6.45) is 9.60. The lowest BCUT2D eigenvalue weighted by Crippen LogP contribution is -2.25. The quantitative estimate of drug-likeness (QED) is 0.792. The molecule has 1 aliphatic carbocycles. The summed E-state index contributed by atoms with van der Waals surface area (Å²) in [4.78, 5) is 11.5. The Kier molecular flexibility index (Phi) is 3.75. The van der Waals surface area contributed by atoms with Crippen molar-refractivity contribution in [2.75, 3.05) is 6.54 Å². The van der Waals surface area contributed by atoms with Gasteiger partial charge in [-0.3, -0.25) is 4.79 Å². The number of aromatic nitrogens is 1. The highest BCUT2D eigenvalue weighted by Gasteiger charge is 2.08. The van der Waals surface area contributed by atoms with Crippen LogP contribution in [0.25, 0.3) is 0 Å². The molecule has 0 aromatic carbocycles. The van der Waals surface area contributed by atoms with Crippen molar-refractivity contribution in [3.8, 4) is 0 Å². The zero-order valence-corrected chi connectivity index (χ0v) is 9.24. The van der Waals surface area contributed by atoms with Crippen LogP contribution in [0.15, 0.2) is 28.5 Å². The van der Waals surface area contributed by atoms with Gasteiger partial charge in [-0.1, -0.05) is 16.8 Å². The molecule has 0 saturated heterocycles. The Morgan fingerprint density at radius 3 is 3.12 bits per heavy atom. The van der Waals surface area contributed by atoms with Crippen LogP contribution in [0.3, 0.4) is 0 Å². The highest BCUT2D eigenvalue weighted by Crippen LogP contribution is 2.19. The first-order chi connectivity index (χ1) is 7.86. The zero-order valence-electron chi connectivity index (χ0n) is 9.24. The second-order valence-electron chi connectivity index (χ2n) is 4.00. The number of hydrogen-bond donors (Lipinski definition) is 1.